The number of hydrogen-bond donors (Lipinski definition) is 2. The SMILES string of the molecule is CCSNC(=S)S. The molecule has 1 nitrogen and oxygen atoms in total. The Morgan fingerprint density at radius 1 is 2.00 bits per heavy atom. The highest BCUT2D eigenvalue weighted by Gasteiger charge is 1.80. The molecule has 0 radical (unpaired) electrons. The van der Waals surface area contributed by atoms with Gasteiger partial charge in [0.1, 0.15) is 4.32 Å². The predicted octanol–water partition coefficient (Wildman–Crippen LogP) is 1.46. The van der Waals surface area contributed by atoms with Crippen molar-refractivity contribution in [3.63, 3.8) is 0 Å². The Balaban J connectivity index is 2.82. The highest BCUT2D eigenvalue weighted by atomic mass is 32.2. The topological polar surface area (TPSA) is 12.0 Å². The van der Waals surface area contributed by atoms with E-state index in [1.807, 2.05) is 6.92 Å². The Morgan fingerprint density at radius 3 is 2.71 bits per heavy atom. The molecule has 0 saturated heterocycles. The lowest BCUT2D eigenvalue weighted by Crippen LogP contribution is -2.04. The van der Waals surface area contributed by atoms with Gasteiger partial charge in [0.25, 0.3) is 0 Å². The lowest BCUT2D eigenvalue weighted by Gasteiger charge is -1.94. The Bertz CT molecular complexity index is 63.2. The summed E-state index contributed by atoms with van der Waals surface area (Å²) in [6.45, 7) is 2.05. The van der Waals surface area contributed by atoms with Crippen LogP contribution in [0.1, 0.15) is 6.92 Å². The van der Waals surface area contributed by atoms with Crippen molar-refractivity contribution in [1.82, 2.24) is 4.72 Å². The summed E-state index contributed by atoms with van der Waals surface area (Å²) in [6.07, 6.45) is 0. The Hall–Kier alpha value is 0.590. The molecule has 0 heterocycles. The average molecular weight is 153 g/mol. The molecule has 0 aliphatic rings. The molecule has 0 atom stereocenters. The zero-order chi connectivity index (χ0) is 5.70. The summed E-state index contributed by atoms with van der Waals surface area (Å²) in [7, 11) is 0. The van der Waals surface area contributed by atoms with Gasteiger partial charge in [-0.2, -0.15) is 0 Å². The van der Waals surface area contributed by atoms with Crippen molar-refractivity contribution in [1.29, 1.82) is 0 Å². The third kappa shape index (κ3) is 6.59. The smallest absolute Gasteiger partial charge is 0.140 e. The first-order chi connectivity index (χ1) is 3.27. The molecule has 0 saturated carbocycles. The van der Waals surface area contributed by atoms with E-state index < -0.39 is 0 Å². The maximum absolute atomic E-state index is 4.59. The third-order valence-electron chi connectivity index (χ3n) is 0.304. The molecule has 0 aromatic rings. The summed E-state index contributed by atoms with van der Waals surface area (Å²) < 4.78 is 3.36. The lowest BCUT2D eigenvalue weighted by molar-refractivity contribution is 1.49. The highest BCUT2D eigenvalue weighted by Crippen LogP contribution is 1.91. The molecule has 0 spiro atoms. The van der Waals surface area contributed by atoms with E-state index in [0.29, 0.717) is 4.32 Å². The Labute approximate surface area is 58.8 Å². The fraction of sp³-hybridized carbons (Fsp3) is 0.667. The van der Waals surface area contributed by atoms with Crippen molar-refractivity contribution in [3.8, 4) is 0 Å². The molecule has 4 heteroatoms. The first-order valence-corrected chi connectivity index (χ1v) is 3.72. The maximum atomic E-state index is 4.59. The van der Waals surface area contributed by atoms with Crippen LogP contribution in [-0.2, 0) is 0 Å². The molecule has 42 valence electrons. The van der Waals surface area contributed by atoms with E-state index in [-0.39, 0.29) is 0 Å². The van der Waals surface area contributed by atoms with Crippen LogP contribution in [0.25, 0.3) is 0 Å². The van der Waals surface area contributed by atoms with Gasteiger partial charge in [-0.25, -0.2) is 0 Å². The molecular weight excluding hydrogens is 146 g/mol. The van der Waals surface area contributed by atoms with Gasteiger partial charge in [0.15, 0.2) is 0 Å². The predicted molar refractivity (Wildman–Crippen MR) is 42.9 cm³/mol. The van der Waals surface area contributed by atoms with Gasteiger partial charge >= 0.3 is 0 Å². The number of thiocarbonyl (C=S) groups is 1. The maximum Gasteiger partial charge on any atom is 0.140 e. The van der Waals surface area contributed by atoms with Crippen LogP contribution in [-0.4, -0.2) is 10.1 Å². The van der Waals surface area contributed by atoms with Gasteiger partial charge in [-0.1, -0.05) is 31.1 Å². The van der Waals surface area contributed by atoms with E-state index >= 15 is 0 Å². The fourth-order valence-corrected chi connectivity index (χ4v) is 0.772. The van der Waals surface area contributed by atoms with Crippen molar-refractivity contribution >= 4 is 41.1 Å². The van der Waals surface area contributed by atoms with Gasteiger partial charge < -0.3 is 4.72 Å². The molecule has 0 fully saturated rings. The first kappa shape index (κ1) is 7.59. The first-order valence-electron chi connectivity index (χ1n) is 1.88. The molecule has 0 amide bonds. The molecular formula is C3H7NS3. The summed E-state index contributed by atoms with van der Waals surface area (Å²) in [4.78, 5) is 0. The van der Waals surface area contributed by atoms with Crippen molar-refractivity contribution in [2.24, 2.45) is 0 Å². The van der Waals surface area contributed by atoms with E-state index in [9.17, 15) is 0 Å². The number of rotatable bonds is 2. The minimum atomic E-state index is 0.548. The minimum absolute atomic E-state index is 0.548. The van der Waals surface area contributed by atoms with Crippen LogP contribution in [0.4, 0.5) is 0 Å². The summed E-state index contributed by atoms with van der Waals surface area (Å²) in [5, 5.41) is 0. The Kier molecular flexibility index (Phi) is 5.14. The molecule has 1 N–H and O–H groups in total. The van der Waals surface area contributed by atoms with Crippen LogP contribution < -0.4 is 4.72 Å². The summed E-state index contributed by atoms with van der Waals surface area (Å²) in [6, 6.07) is 0. The summed E-state index contributed by atoms with van der Waals surface area (Å²) in [5.74, 6) is 1.01. The van der Waals surface area contributed by atoms with Crippen LogP contribution >= 0.6 is 36.8 Å². The normalized spacial score (nSPS) is 8.29. The third-order valence-corrected chi connectivity index (χ3v) is 1.44. The summed E-state index contributed by atoms with van der Waals surface area (Å²) in [5.41, 5.74) is 0. The molecule has 7 heavy (non-hydrogen) atoms. The largest absolute Gasteiger partial charge is 0.316 e. The molecule has 0 aliphatic heterocycles. The van der Waals surface area contributed by atoms with Crippen molar-refractivity contribution in [3.05, 3.63) is 0 Å². The summed E-state index contributed by atoms with van der Waals surface area (Å²) >= 11 is 9.97. The second-order valence-electron chi connectivity index (χ2n) is 0.840. The average Bonchev–Trinajstić information content (AvgIpc) is 1.61. The van der Waals surface area contributed by atoms with E-state index in [2.05, 4.69) is 29.6 Å². The molecule has 0 rings (SSSR count). The quantitative estimate of drug-likeness (QED) is 0.354. The van der Waals surface area contributed by atoms with Crippen molar-refractivity contribution in [2.75, 3.05) is 5.75 Å². The Morgan fingerprint density at radius 2 is 2.57 bits per heavy atom. The molecule has 0 bridgehead atoms. The van der Waals surface area contributed by atoms with Gasteiger partial charge in [0, 0.05) is 5.75 Å². The van der Waals surface area contributed by atoms with Crippen LogP contribution in [0.15, 0.2) is 0 Å². The van der Waals surface area contributed by atoms with Crippen LogP contribution in [0.5, 0.6) is 0 Å². The van der Waals surface area contributed by atoms with Crippen molar-refractivity contribution < 1.29 is 0 Å². The number of nitrogens with one attached hydrogen (secondary N) is 1. The minimum Gasteiger partial charge on any atom is -0.316 e. The fourth-order valence-electron chi connectivity index (χ4n) is 0.134. The second kappa shape index (κ2) is 4.74. The van der Waals surface area contributed by atoms with E-state index in [1.165, 1.54) is 0 Å². The molecule has 0 unspecified atom stereocenters. The van der Waals surface area contributed by atoms with Gasteiger partial charge in [-0.15, -0.1) is 12.6 Å². The van der Waals surface area contributed by atoms with E-state index in [4.69, 9.17) is 0 Å². The number of hydrogen-bond acceptors (Lipinski definition) is 2. The number of thiol groups is 1. The van der Waals surface area contributed by atoms with Crippen LogP contribution in [0.3, 0.4) is 0 Å². The van der Waals surface area contributed by atoms with Crippen LogP contribution in [0.2, 0.25) is 0 Å². The highest BCUT2D eigenvalue weighted by molar-refractivity contribution is 8.13. The monoisotopic (exact) mass is 153 g/mol. The lowest BCUT2D eigenvalue weighted by atomic mass is 11.0. The molecule has 0 aromatic heterocycles. The second-order valence-corrected chi connectivity index (χ2v) is 3.07. The zero-order valence-corrected chi connectivity index (χ0v) is 6.50. The molecule has 0 aromatic carbocycles. The van der Waals surface area contributed by atoms with Crippen LogP contribution in [0, 0.1) is 0 Å². The van der Waals surface area contributed by atoms with E-state index in [1.54, 1.807) is 11.9 Å². The van der Waals surface area contributed by atoms with E-state index in [0.717, 1.165) is 5.75 Å². The van der Waals surface area contributed by atoms with Gasteiger partial charge in [0.2, 0.25) is 0 Å². The van der Waals surface area contributed by atoms with Gasteiger partial charge in [-0.3, -0.25) is 0 Å². The standard InChI is InChI=1S/C3H7NS3/c1-2-7-4-3(5)6/h2H2,1H3,(H2,4,5,6). The zero-order valence-electron chi connectivity index (χ0n) is 3.97. The van der Waals surface area contributed by atoms with Gasteiger partial charge in [-0.05, 0) is 0 Å². The molecule has 0 aliphatic carbocycles. The van der Waals surface area contributed by atoms with Gasteiger partial charge in [0.05, 0.1) is 0 Å². The van der Waals surface area contributed by atoms with Crippen molar-refractivity contribution in [2.45, 2.75) is 6.92 Å².